The van der Waals surface area contributed by atoms with Gasteiger partial charge in [0.2, 0.25) is 6.29 Å². The minimum Gasteiger partial charge on any atom is -0.444 e. The van der Waals surface area contributed by atoms with E-state index in [1.807, 2.05) is 39.2 Å². The molecule has 6 rings (SSSR count). The van der Waals surface area contributed by atoms with Crippen LogP contribution in [0.5, 0.6) is 0 Å². The van der Waals surface area contributed by atoms with Crippen molar-refractivity contribution in [3.63, 3.8) is 0 Å². The molecule has 2 aliphatic heterocycles. The number of benzene rings is 2. The van der Waals surface area contributed by atoms with Crippen molar-refractivity contribution in [3.8, 4) is 0 Å². The molecule has 13 nitrogen and oxygen atoms in total. The largest absolute Gasteiger partial charge is 0.446 e. The molecule has 1 amide bonds. The van der Waals surface area contributed by atoms with Gasteiger partial charge in [0.1, 0.15) is 17.2 Å². The van der Waals surface area contributed by atoms with E-state index in [1.165, 1.54) is 12.5 Å². The Labute approximate surface area is 307 Å². The van der Waals surface area contributed by atoms with E-state index in [1.54, 1.807) is 41.3 Å². The molecule has 4 aromatic rings. The molecule has 0 saturated carbocycles. The number of hydrogen-bond acceptors (Lipinski definition) is 10. The van der Waals surface area contributed by atoms with Crippen molar-refractivity contribution in [2.45, 2.75) is 95.2 Å². The van der Waals surface area contributed by atoms with E-state index in [0.29, 0.717) is 23.9 Å². The minimum absolute atomic E-state index is 0.128. The zero-order valence-corrected chi connectivity index (χ0v) is 32.9. The van der Waals surface area contributed by atoms with E-state index in [0.717, 1.165) is 46.8 Å². The van der Waals surface area contributed by atoms with Gasteiger partial charge in [-0.25, -0.2) is 31.6 Å². The molecule has 2 aromatic carbocycles. The molecule has 2 atom stereocenters. The molecule has 18 heteroatoms. The van der Waals surface area contributed by atoms with Gasteiger partial charge in [-0.3, -0.25) is 9.69 Å². The van der Waals surface area contributed by atoms with Gasteiger partial charge in [-0.1, -0.05) is 27.7 Å². The van der Waals surface area contributed by atoms with Crippen LogP contribution in [0, 0.1) is 11.8 Å². The third kappa shape index (κ3) is 9.94. The highest BCUT2D eigenvalue weighted by Crippen LogP contribution is 2.36. The second kappa shape index (κ2) is 15.4. The van der Waals surface area contributed by atoms with Crippen molar-refractivity contribution >= 4 is 54.1 Å². The number of carbonyl (C=O) groups excluding carboxylic acids is 2. The molecule has 2 unspecified atom stereocenters. The maximum absolute atomic E-state index is 12.7. The van der Waals surface area contributed by atoms with Gasteiger partial charge in [0.05, 0.1) is 43.9 Å². The fourth-order valence-corrected chi connectivity index (χ4v) is 7.55. The molecule has 0 bridgehead atoms. The zero-order chi connectivity index (χ0) is 39.8. The first kappa shape index (κ1) is 41.7. The maximum atomic E-state index is 12.7. The summed E-state index contributed by atoms with van der Waals surface area (Å²) in [7, 11) is -6.48. The van der Waals surface area contributed by atoms with Gasteiger partial charge in [0.25, 0.3) is 0 Å². The summed E-state index contributed by atoms with van der Waals surface area (Å²) < 4.78 is 88.2. The number of ether oxygens (including phenoxy) is 1. The number of aldehydes is 1. The number of carbonyl (C=O) groups is 2. The first-order chi connectivity index (χ1) is 24.3. The van der Waals surface area contributed by atoms with Crippen LogP contribution in [0.1, 0.15) is 72.2 Å². The monoisotopic (exact) mass is 784 g/mol. The van der Waals surface area contributed by atoms with Gasteiger partial charge >= 0.3 is 12.3 Å². The van der Waals surface area contributed by atoms with E-state index in [9.17, 15) is 34.8 Å². The van der Waals surface area contributed by atoms with Crippen molar-refractivity contribution in [1.82, 2.24) is 29.3 Å². The average Bonchev–Trinajstić information content (AvgIpc) is 3.60. The van der Waals surface area contributed by atoms with Crippen LogP contribution in [0.4, 0.5) is 18.0 Å². The van der Waals surface area contributed by atoms with Crippen LogP contribution in [0.3, 0.4) is 0 Å². The lowest BCUT2D eigenvalue weighted by molar-refractivity contribution is -0.156. The molecule has 2 aliphatic rings. The van der Waals surface area contributed by atoms with Crippen LogP contribution in [-0.2, 0) is 42.3 Å². The van der Waals surface area contributed by atoms with Crippen LogP contribution in [-0.4, -0.2) is 90.6 Å². The molecule has 2 aromatic heterocycles. The van der Waals surface area contributed by atoms with Crippen LogP contribution < -0.4 is 5.32 Å². The third-order valence-corrected chi connectivity index (χ3v) is 10.8. The average molecular weight is 785 g/mol. The molecule has 0 aliphatic carbocycles. The van der Waals surface area contributed by atoms with E-state index < -0.39 is 37.7 Å². The lowest BCUT2D eigenvalue weighted by Crippen LogP contribution is -2.46. The normalized spacial score (nSPS) is 17.8. The molecule has 53 heavy (non-hydrogen) atoms. The Bertz CT molecular complexity index is 2210. The standard InChI is InChI=1S/C19H27N3O4S.C14H19N3O2S.C2HF3O/c1-12(2)16-17-20-14-8-7-13(27(6,24)25)11-15(14)21(17)9-10-22(16)18(23)26-19(3,4)5;1-9(2)13-14-16-11-5-4-10(20(3,18)19)8-12(11)17(14)7-6-15-13;3-2(4,5)1-6/h7-8,11-12,16H,9-10H2,1-6H3;4-5,8-9,13,15H,6-7H2,1-3H3;1H. The summed E-state index contributed by atoms with van der Waals surface area (Å²) in [5.74, 6) is 2.35. The maximum Gasteiger partial charge on any atom is 0.446 e. The summed E-state index contributed by atoms with van der Waals surface area (Å²) in [6.45, 7) is 16.7. The smallest absolute Gasteiger partial charge is 0.444 e. The van der Waals surface area contributed by atoms with Crippen LogP contribution in [0.25, 0.3) is 22.1 Å². The molecule has 0 radical (unpaired) electrons. The number of alkyl halides is 3. The molecule has 0 saturated heterocycles. The van der Waals surface area contributed by atoms with Crippen LogP contribution in [0.15, 0.2) is 46.2 Å². The second-order valence-electron chi connectivity index (χ2n) is 14.8. The van der Waals surface area contributed by atoms with Crippen molar-refractivity contribution in [2.75, 3.05) is 25.6 Å². The van der Waals surface area contributed by atoms with Gasteiger partial charge in [0, 0.05) is 38.7 Å². The molecular weight excluding hydrogens is 738 g/mol. The summed E-state index contributed by atoms with van der Waals surface area (Å²) in [4.78, 5) is 33.2. The molecular formula is C35H47F3N6O7S2. The number of fused-ring (bicyclic) bond motifs is 6. The summed E-state index contributed by atoms with van der Waals surface area (Å²) >= 11 is 0. The van der Waals surface area contributed by atoms with E-state index >= 15 is 0 Å². The Morgan fingerprint density at radius 3 is 1.72 bits per heavy atom. The molecule has 292 valence electrons. The summed E-state index contributed by atoms with van der Waals surface area (Å²) in [6, 6.07) is 10.1. The predicted molar refractivity (Wildman–Crippen MR) is 194 cm³/mol. The van der Waals surface area contributed by atoms with E-state index in [-0.39, 0.29) is 29.0 Å². The minimum atomic E-state index is -4.64. The number of sulfone groups is 2. The SMILES string of the molecule is CC(C)C1NCCn2c1nc1ccc(S(C)(=O)=O)cc12.CC(C)C1c2nc3ccc(S(C)(=O)=O)cc3n2CCN1C(=O)OC(C)(C)C.O=CC(F)(F)F. The molecule has 0 spiro atoms. The Morgan fingerprint density at radius 1 is 0.830 bits per heavy atom. The fraction of sp³-hybridized carbons (Fsp3) is 0.543. The van der Waals surface area contributed by atoms with Gasteiger partial charge in [-0.2, -0.15) is 13.2 Å². The van der Waals surface area contributed by atoms with Crippen LogP contribution >= 0.6 is 0 Å². The van der Waals surface area contributed by atoms with Gasteiger partial charge in [0.15, 0.2) is 19.7 Å². The van der Waals surface area contributed by atoms with Gasteiger partial charge in [-0.05, 0) is 69.0 Å². The third-order valence-electron chi connectivity index (χ3n) is 8.56. The molecule has 0 fully saturated rings. The van der Waals surface area contributed by atoms with E-state index in [2.05, 4.69) is 28.7 Å². The summed E-state index contributed by atoms with van der Waals surface area (Å²) in [6.07, 6.45) is -3.62. The Hall–Kier alpha value is -4.03. The highest BCUT2D eigenvalue weighted by atomic mass is 32.2. The van der Waals surface area contributed by atoms with Crippen LogP contribution in [0.2, 0.25) is 0 Å². The van der Waals surface area contributed by atoms with Crippen molar-refractivity contribution < 1.29 is 44.3 Å². The zero-order valence-electron chi connectivity index (χ0n) is 31.2. The quantitative estimate of drug-likeness (QED) is 0.248. The Balaban J connectivity index is 0.000000212. The number of nitrogens with zero attached hydrogens (tertiary/aromatic N) is 5. The number of rotatable bonds is 4. The van der Waals surface area contributed by atoms with Crippen molar-refractivity contribution in [2.24, 2.45) is 11.8 Å². The number of nitrogens with one attached hydrogen (secondary N) is 1. The fourth-order valence-electron chi connectivity index (χ4n) is 6.26. The highest BCUT2D eigenvalue weighted by molar-refractivity contribution is 7.91. The Kier molecular flexibility index (Phi) is 12.1. The molecule has 1 N–H and O–H groups in total. The molecule has 4 heterocycles. The van der Waals surface area contributed by atoms with Gasteiger partial charge < -0.3 is 19.2 Å². The second-order valence-corrected chi connectivity index (χ2v) is 18.8. The lowest BCUT2D eigenvalue weighted by Gasteiger charge is -2.38. The number of halogens is 3. The Morgan fingerprint density at radius 2 is 1.30 bits per heavy atom. The highest BCUT2D eigenvalue weighted by Gasteiger charge is 2.38. The van der Waals surface area contributed by atoms with Gasteiger partial charge in [-0.15, -0.1) is 0 Å². The number of hydrogen-bond donors (Lipinski definition) is 1. The van der Waals surface area contributed by atoms with E-state index in [4.69, 9.17) is 14.5 Å². The summed E-state index contributed by atoms with van der Waals surface area (Å²) in [5, 5.41) is 3.48. The summed E-state index contributed by atoms with van der Waals surface area (Å²) in [5.41, 5.74) is 2.72. The van der Waals surface area contributed by atoms with Crippen molar-refractivity contribution in [3.05, 3.63) is 48.0 Å². The number of amides is 1. The predicted octanol–water partition coefficient (Wildman–Crippen LogP) is 5.88. The lowest BCUT2D eigenvalue weighted by atomic mass is 10.0. The van der Waals surface area contributed by atoms with Crippen molar-refractivity contribution in [1.29, 1.82) is 0 Å². The number of aromatic nitrogens is 4. The topological polar surface area (TPSA) is 163 Å². The first-order valence-corrected chi connectivity index (χ1v) is 20.8. The number of imidazole rings is 2. The first-order valence-electron chi connectivity index (χ1n) is 17.0.